The van der Waals surface area contributed by atoms with Gasteiger partial charge in [0.2, 0.25) is 0 Å². The predicted molar refractivity (Wildman–Crippen MR) is 99.3 cm³/mol. The van der Waals surface area contributed by atoms with Gasteiger partial charge in [0.1, 0.15) is 6.10 Å². The maximum absolute atomic E-state index is 11.6. The molecule has 0 saturated heterocycles. The van der Waals surface area contributed by atoms with E-state index in [1.54, 1.807) is 12.1 Å². The highest BCUT2D eigenvalue weighted by Gasteiger charge is 2.23. The number of hydrogen-bond acceptors (Lipinski definition) is 3. The Morgan fingerprint density at radius 2 is 1.58 bits per heavy atom. The lowest BCUT2D eigenvalue weighted by molar-refractivity contribution is 0.162. The third-order valence-corrected chi connectivity index (χ3v) is 5.53. The number of rotatable bonds is 3. The van der Waals surface area contributed by atoms with Gasteiger partial charge in [-0.05, 0) is 48.4 Å². The highest BCUT2D eigenvalue weighted by atomic mass is 79.9. The van der Waals surface area contributed by atoms with E-state index < -0.39 is 9.84 Å². The highest BCUT2D eigenvalue weighted by molar-refractivity contribution is 9.10. The molecule has 1 aliphatic rings. The third-order valence-electron chi connectivity index (χ3n) is 3.87. The van der Waals surface area contributed by atoms with E-state index in [9.17, 15) is 8.42 Å². The SMILES string of the molecule is CC1=CC=C(c2ccc(Br)cc2)C(c2ccc(S(C)(=O)=O)cc2)O1. The van der Waals surface area contributed by atoms with Crippen molar-refractivity contribution < 1.29 is 13.2 Å². The van der Waals surface area contributed by atoms with Crippen LogP contribution in [0, 0.1) is 0 Å². The van der Waals surface area contributed by atoms with Crippen LogP contribution >= 0.6 is 15.9 Å². The van der Waals surface area contributed by atoms with Gasteiger partial charge in [-0.2, -0.15) is 0 Å². The molecule has 1 unspecified atom stereocenters. The van der Waals surface area contributed by atoms with E-state index in [1.165, 1.54) is 6.26 Å². The molecule has 0 bridgehead atoms. The van der Waals surface area contributed by atoms with Crippen LogP contribution in [0.1, 0.15) is 24.2 Å². The summed E-state index contributed by atoms with van der Waals surface area (Å²) in [6.07, 6.45) is 4.94. The van der Waals surface area contributed by atoms with Crippen LogP contribution < -0.4 is 0 Å². The summed E-state index contributed by atoms with van der Waals surface area (Å²) >= 11 is 3.45. The minimum atomic E-state index is -3.20. The molecule has 1 atom stereocenters. The van der Waals surface area contributed by atoms with Crippen molar-refractivity contribution >= 4 is 31.3 Å². The molecule has 0 amide bonds. The molecule has 3 nitrogen and oxygen atoms in total. The van der Waals surface area contributed by atoms with Gasteiger partial charge in [0, 0.05) is 16.3 Å². The first-order valence-corrected chi connectivity index (χ1v) is 10.1. The molecule has 24 heavy (non-hydrogen) atoms. The van der Waals surface area contributed by atoms with E-state index in [0.717, 1.165) is 26.9 Å². The van der Waals surface area contributed by atoms with Crippen LogP contribution in [0.25, 0.3) is 5.57 Å². The Kier molecular flexibility index (Phi) is 4.65. The number of allylic oxidation sites excluding steroid dienone is 3. The topological polar surface area (TPSA) is 43.4 Å². The Bertz CT molecular complexity index is 908. The van der Waals surface area contributed by atoms with Crippen LogP contribution in [-0.4, -0.2) is 14.7 Å². The van der Waals surface area contributed by atoms with Gasteiger partial charge < -0.3 is 4.74 Å². The van der Waals surface area contributed by atoms with E-state index in [1.807, 2.05) is 49.4 Å². The van der Waals surface area contributed by atoms with E-state index in [4.69, 9.17) is 4.74 Å². The standard InChI is InChI=1S/C19H17BrO3S/c1-13-3-12-18(14-4-8-16(20)9-5-14)19(23-13)15-6-10-17(11-7-15)24(2,21)22/h3-12,19H,1-2H3. The van der Waals surface area contributed by atoms with E-state index in [0.29, 0.717) is 4.90 Å². The quantitative estimate of drug-likeness (QED) is 0.729. The van der Waals surface area contributed by atoms with Crippen LogP contribution in [0.15, 0.2) is 75.8 Å². The normalized spacial score (nSPS) is 17.7. The molecule has 0 spiro atoms. The molecule has 0 aliphatic carbocycles. The smallest absolute Gasteiger partial charge is 0.175 e. The number of ether oxygens (including phenoxy) is 1. The summed E-state index contributed by atoms with van der Waals surface area (Å²) < 4.78 is 30.3. The fourth-order valence-electron chi connectivity index (χ4n) is 2.61. The Morgan fingerprint density at radius 1 is 0.958 bits per heavy atom. The number of hydrogen-bond donors (Lipinski definition) is 0. The molecule has 124 valence electrons. The number of halogens is 1. The van der Waals surface area contributed by atoms with Crippen molar-refractivity contribution in [1.82, 2.24) is 0 Å². The number of sulfone groups is 1. The summed E-state index contributed by atoms with van der Waals surface area (Å²) in [5.41, 5.74) is 3.03. The van der Waals surface area contributed by atoms with Gasteiger partial charge in [-0.1, -0.05) is 46.3 Å². The summed E-state index contributed by atoms with van der Waals surface area (Å²) in [5.74, 6) is 0.827. The van der Waals surface area contributed by atoms with Gasteiger partial charge in [0.15, 0.2) is 9.84 Å². The molecule has 1 heterocycles. The van der Waals surface area contributed by atoms with Crippen LogP contribution in [0.4, 0.5) is 0 Å². The summed E-state index contributed by atoms with van der Waals surface area (Å²) in [7, 11) is -3.20. The molecule has 0 fully saturated rings. The second kappa shape index (κ2) is 6.57. The van der Waals surface area contributed by atoms with Crippen molar-refractivity contribution in [3.05, 3.63) is 82.0 Å². The fraction of sp³-hybridized carbons (Fsp3) is 0.158. The first-order chi connectivity index (χ1) is 11.3. The summed E-state index contributed by atoms with van der Waals surface area (Å²) in [6.45, 7) is 1.91. The van der Waals surface area contributed by atoms with Crippen molar-refractivity contribution in [3.8, 4) is 0 Å². The summed E-state index contributed by atoms with van der Waals surface area (Å²) in [5, 5.41) is 0. The van der Waals surface area contributed by atoms with Crippen LogP contribution in [0.2, 0.25) is 0 Å². The molecule has 1 aliphatic heterocycles. The van der Waals surface area contributed by atoms with Crippen molar-refractivity contribution in [3.63, 3.8) is 0 Å². The molecule has 0 saturated carbocycles. The van der Waals surface area contributed by atoms with Gasteiger partial charge in [-0.25, -0.2) is 8.42 Å². The van der Waals surface area contributed by atoms with Crippen molar-refractivity contribution in [1.29, 1.82) is 0 Å². The average Bonchev–Trinajstić information content (AvgIpc) is 2.55. The monoisotopic (exact) mass is 404 g/mol. The maximum Gasteiger partial charge on any atom is 0.175 e. The lowest BCUT2D eigenvalue weighted by Gasteiger charge is -2.26. The van der Waals surface area contributed by atoms with Crippen LogP contribution in [0.3, 0.4) is 0 Å². The van der Waals surface area contributed by atoms with Gasteiger partial charge in [-0.3, -0.25) is 0 Å². The molecule has 0 radical (unpaired) electrons. The first-order valence-electron chi connectivity index (χ1n) is 7.46. The lowest BCUT2D eigenvalue weighted by atomic mass is 9.93. The largest absolute Gasteiger partial charge is 0.486 e. The maximum atomic E-state index is 11.6. The highest BCUT2D eigenvalue weighted by Crippen LogP contribution is 2.38. The van der Waals surface area contributed by atoms with Gasteiger partial charge in [-0.15, -0.1) is 0 Å². The molecule has 2 aromatic carbocycles. The predicted octanol–water partition coefficient (Wildman–Crippen LogP) is 4.91. The van der Waals surface area contributed by atoms with Crippen LogP contribution in [0.5, 0.6) is 0 Å². The zero-order valence-electron chi connectivity index (χ0n) is 13.4. The van der Waals surface area contributed by atoms with Gasteiger partial charge >= 0.3 is 0 Å². The van der Waals surface area contributed by atoms with E-state index in [2.05, 4.69) is 22.0 Å². The molecule has 2 aromatic rings. The minimum Gasteiger partial charge on any atom is -0.486 e. The molecule has 0 N–H and O–H groups in total. The fourth-order valence-corrected chi connectivity index (χ4v) is 3.51. The van der Waals surface area contributed by atoms with Crippen LogP contribution in [-0.2, 0) is 14.6 Å². The first kappa shape index (κ1) is 17.0. The zero-order valence-corrected chi connectivity index (χ0v) is 15.8. The average molecular weight is 405 g/mol. The molecule has 3 rings (SSSR count). The lowest BCUT2D eigenvalue weighted by Crippen LogP contribution is -2.09. The minimum absolute atomic E-state index is 0.259. The van der Waals surface area contributed by atoms with E-state index in [-0.39, 0.29) is 6.10 Å². The molecular weight excluding hydrogens is 388 g/mol. The Hall–Kier alpha value is -1.85. The summed E-state index contributed by atoms with van der Waals surface area (Å²) in [6, 6.07) is 14.9. The second-order valence-corrected chi connectivity index (χ2v) is 8.68. The Morgan fingerprint density at radius 3 is 2.17 bits per heavy atom. The molecular formula is C19H17BrO3S. The Balaban J connectivity index is 2.00. The number of benzene rings is 2. The second-order valence-electron chi connectivity index (χ2n) is 5.75. The molecule has 0 aromatic heterocycles. The Labute approximate surface area is 150 Å². The van der Waals surface area contributed by atoms with Crippen molar-refractivity contribution in [2.24, 2.45) is 0 Å². The van der Waals surface area contributed by atoms with Gasteiger partial charge in [0.05, 0.1) is 10.7 Å². The van der Waals surface area contributed by atoms with Crippen molar-refractivity contribution in [2.45, 2.75) is 17.9 Å². The van der Waals surface area contributed by atoms with Crippen molar-refractivity contribution in [2.75, 3.05) is 6.26 Å². The zero-order chi connectivity index (χ0) is 17.3. The molecule has 5 heteroatoms. The third kappa shape index (κ3) is 3.62. The van der Waals surface area contributed by atoms with Gasteiger partial charge in [0.25, 0.3) is 0 Å². The summed E-state index contributed by atoms with van der Waals surface area (Å²) in [4.78, 5) is 0.309. The van der Waals surface area contributed by atoms with E-state index >= 15 is 0 Å².